The number of rotatable bonds is 4. The Morgan fingerprint density at radius 3 is 1.58 bits per heavy atom. The molecular formula is C28H23N3. The Kier molecular flexibility index (Phi) is 6.20. The van der Waals surface area contributed by atoms with Gasteiger partial charge in [-0.2, -0.15) is 10.5 Å². The summed E-state index contributed by atoms with van der Waals surface area (Å²) in [5.41, 5.74) is 8.89. The first-order valence-corrected chi connectivity index (χ1v) is 9.90. The van der Waals surface area contributed by atoms with Crippen LogP contribution in [-0.2, 0) is 0 Å². The molecule has 0 amide bonds. The number of nitrogens with two attached hydrogens (primary N) is 1. The number of hydrogen-bond acceptors (Lipinski definition) is 3. The molecule has 0 radical (unpaired) electrons. The Labute approximate surface area is 182 Å². The van der Waals surface area contributed by atoms with Gasteiger partial charge in [0.05, 0.1) is 11.6 Å². The third-order valence-electron chi connectivity index (χ3n) is 5.46. The highest BCUT2D eigenvalue weighted by Crippen LogP contribution is 2.38. The Balaban J connectivity index is 0.000000858. The number of hydrogen-bond donors (Lipinski definition) is 1. The molecule has 0 heterocycles. The summed E-state index contributed by atoms with van der Waals surface area (Å²) in [5, 5.41) is 23.7. The van der Waals surface area contributed by atoms with Crippen LogP contribution in [0.3, 0.4) is 0 Å². The smallest absolute Gasteiger partial charge is 0.173 e. The Morgan fingerprint density at radius 2 is 1.26 bits per heavy atom. The third-order valence-corrected chi connectivity index (χ3v) is 5.46. The molecule has 0 fully saturated rings. The van der Waals surface area contributed by atoms with E-state index < -0.39 is 0 Å². The van der Waals surface area contributed by atoms with Crippen LogP contribution in [0.5, 0.6) is 0 Å². The Bertz CT molecular complexity index is 1390. The maximum absolute atomic E-state index is 9.28. The molecule has 4 aromatic rings. The Morgan fingerprint density at radius 1 is 0.839 bits per heavy atom. The molecule has 0 aliphatic heterocycles. The van der Waals surface area contributed by atoms with Crippen LogP contribution >= 0.6 is 0 Å². The van der Waals surface area contributed by atoms with Gasteiger partial charge in [0.2, 0.25) is 0 Å². The molecule has 0 aromatic heterocycles. The van der Waals surface area contributed by atoms with Gasteiger partial charge in [-0.25, -0.2) is 0 Å². The van der Waals surface area contributed by atoms with Crippen LogP contribution in [0.25, 0.3) is 43.5 Å². The average Bonchev–Trinajstić information content (AvgIpc) is 2.79. The van der Waals surface area contributed by atoms with E-state index in [4.69, 9.17) is 5.26 Å². The third kappa shape index (κ3) is 3.78. The summed E-state index contributed by atoms with van der Waals surface area (Å²) in [6, 6.07) is 19.7. The van der Waals surface area contributed by atoms with E-state index in [2.05, 4.69) is 79.6 Å². The lowest BCUT2D eigenvalue weighted by molar-refractivity contribution is 1.45. The van der Waals surface area contributed by atoms with E-state index in [0.29, 0.717) is 5.57 Å². The molecule has 2 N–H and O–H groups in total. The molecule has 0 bridgehead atoms. The van der Waals surface area contributed by atoms with E-state index in [9.17, 15) is 5.26 Å². The van der Waals surface area contributed by atoms with Crippen molar-refractivity contribution in [3.63, 3.8) is 0 Å². The second kappa shape index (κ2) is 8.99. The zero-order valence-electron chi connectivity index (χ0n) is 17.7. The number of allylic oxidation sites excluding steroid dienone is 6. The zero-order valence-corrected chi connectivity index (χ0v) is 17.7. The monoisotopic (exact) mass is 401 g/mol. The van der Waals surface area contributed by atoms with E-state index in [1.807, 2.05) is 26.0 Å². The summed E-state index contributed by atoms with van der Waals surface area (Å²) < 4.78 is 0. The van der Waals surface area contributed by atoms with Gasteiger partial charge in [-0.15, -0.1) is 0 Å². The predicted molar refractivity (Wildman–Crippen MR) is 132 cm³/mol. The fraction of sp³-hybridized carbons (Fsp3) is 0.0714. The summed E-state index contributed by atoms with van der Waals surface area (Å²) in [6.45, 7) is 11.8. The van der Waals surface area contributed by atoms with Gasteiger partial charge in [0, 0.05) is 0 Å². The van der Waals surface area contributed by atoms with Gasteiger partial charge in [-0.1, -0.05) is 55.7 Å². The molecule has 4 aromatic carbocycles. The predicted octanol–water partition coefficient (Wildman–Crippen LogP) is 7.08. The van der Waals surface area contributed by atoms with Gasteiger partial charge >= 0.3 is 0 Å². The highest BCUT2D eigenvalue weighted by Gasteiger charge is 2.13. The quantitative estimate of drug-likeness (QED) is 0.130. The topological polar surface area (TPSA) is 73.6 Å². The van der Waals surface area contributed by atoms with Crippen molar-refractivity contribution >= 4 is 43.5 Å². The summed E-state index contributed by atoms with van der Waals surface area (Å²) in [4.78, 5) is 0. The van der Waals surface area contributed by atoms with Gasteiger partial charge in [0.25, 0.3) is 0 Å². The van der Waals surface area contributed by atoms with E-state index in [1.54, 1.807) is 0 Å². The van der Waals surface area contributed by atoms with Crippen molar-refractivity contribution in [2.45, 2.75) is 13.8 Å². The number of benzene rings is 4. The second-order valence-electron chi connectivity index (χ2n) is 7.10. The van der Waals surface area contributed by atoms with Gasteiger partial charge in [-0.05, 0) is 92.7 Å². The molecule has 150 valence electrons. The number of nitrogens with zero attached hydrogens (tertiary/aromatic N) is 2. The first-order chi connectivity index (χ1) is 15.0. The summed E-state index contributed by atoms with van der Waals surface area (Å²) in [6.07, 6.45) is 7.20. The second-order valence-corrected chi connectivity index (χ2v) is 7.10. The fourth-order valence-electron chi connectivity index (χ4n) is 4.14. The standard InChI is InChI=1S/C27H21N.CH2N2/c1-5-18(6-2)23-12-19-8-10-21-14-24(25(7-3)17(4)16-28)15-22-11-9-20(13-23)26(19)27(21)22;2-1-3/h5-15H,1,4H2,2-3H3;2H2/b18-6+,25-7+;. The van der Waals surface area contributed by atoms with Crippen molar-refractivity contribution in [1.82, 2.24) is 0 Å². The van der Waals surface area contributed by atoms with Crippen molar-refractivity contribution in [3.05, 3.63) is 96.6 Å². The minimum atomic E-state index is 0.489. The van der Waals surface area contributed by atoms with Crippen LogP contribution in [0.2, 0.25) is 0 Å². The molecule has 31 heavy (non-hydrogen) atoms. The molecule has 0 saturated heterocycles. The van der Waals surface area contributed by atoms with Crippen molar-refractivity contribution in [3.8, 4) is 12.3 Å². The summed E-state index contributed by atoms with van der Waals surface area (Å²) in [5.74, 6) is 0. The van der Waals surface area contributed by atoms with E-state index in [0.717, 1.165) is 16.7 Å². The van der Waals surface area contributed by atoms with Gasteiger partial charge in [-0.3, -0.25) is 0 Å². The lowest BCUT2D eigenvalue weighted by atomic mass is 9.88. The largest absolute Gasteiger partial charge is 0.337 e. The van der Waals surface area contributed by atoms with Crippen LogP contribution < -0.4 is 5.73 Å². The van der Waals surface area contributed by atoms with E-state index >= 15 is 0 Å². The molecule has 3 heteroatoms. The van der Waals surface area contributed by atoms with Crippen LogP contribution in [-0.4, -0.2) is 0 Å². The van der Waals surface area contributed by atoms with Crippen molar-refractivity contribution < 1.29 is 0 Å². The summed E-state index contributed by atoms with van der Waals surface area (Å²) in [7, 11) is 0. The highest BCUT2D eigenvalue weighted by molar-refractivity contribution is 6.24. The van der Waals surface area contributed by atoms with Crippen LogP contribution in [0.15, 0.2) is 85.5 Å². The lowest BCUT2D eigenvalue weighted by Gasteiger charge is -2.15. The van der Waals surface area contributed by atoms with Crippen LogP contribution in [0, 0.1) is 22.8 Å². The molecule has 0 aliphatic carbocycles. The molecule has 0 saturated carbocycles. The first kappa shape index (κ1) is 21.4. The van der Waals surface area contributed by atoms with Crippen molar-refractivity contribution in [1.29, 1.82) is 10.5 Å². The number of nitriles is 2. The maximum Gasteiger partial charge on any atom is 0.173 e. The minimum absolute atomic E-state index is 0.489. The molecular weight excluding hydrogens is 378 g/mol. The molecule has 0 atom stereocenters. The van der Waals surface area contributed by atoms with Gasteiger partial charge < -0.3 is 5.73 Å². The molecule has 4 rings (SSSR count). The van der Waals surface area contributed by atoms with Crippen LogP contribution in [0.4, 0.5) is 0 Å². The zero-order chi connectivity index (χ0) is 22.5. The minimum Gasteiger partial charge on any atom is -0.337 e. The normalized spacial score (nSPS) is 11.6. The van der Waals surface area contributed by atoms with Crippen molar-refractivity contribution in [2.24, 2.45) is 5.73 Å². The van der Waals surface area contributed by atoms with Crippen LogP contribution in [0.1, 0.15) is 25.0 Å². The molecule has 3 nitrogen and oxygen atoms in total. The maximum atomic E-state index is 9.28. The summed E-state index contributed by atoms with van der Waals surface area (Å²) >= 11 is 0. The molecule has 0 unspecified atom stereocenters. The van der Waals surface area contributed by atoms with Gasteiger partial charge in [0.15, 0.2) is 6.19 Å². The lowest BCUT2D eigenvalue weighted by Crippen LogP contribution is -1.91. The average molecular weight is 402 g/mol. The highest BCUT2D eigenvalue weighted by atomic mass is 14.5. The molecule has 0 aliphatic rings. The van der Waals surface area contributed by atoms with E-state index in [1.165, 1.54) is 44.1 Å². The SMILES string of the molecule is C=C/C(=C\C)c1cc2ccc3cc(/C(=C/C)C(=C)C#N)cc4ccc(c1)c2c34.N#CN. The van der Waals surface area contributed by atoms with E-state index in [-0.39, 0.29) is 0 Å². The Hall–Kier alpha value is -4.34. The fourth-order valence-corrected chi connectivity index (χ4v) is 4.14. The first-order valence-electron chi connectivity index (χ1n) is 9.90. The van der Waals surface area contributed by atoms with Gasteiger partial charge in [0.1, 0.15) is 0 Å². The molecule has 0 spiro atoms. The van der Waals surface area contributed by atoms with Crippen molar-refractivity contribution in [2.75, 3.05) is 0 Å².